The lowest BCUT2D eigenvalue weighted by Gasteiger charge is -2.15. The van der Waals surface area contributed by atoms with Crippen LogP contribution < -0.4 is 5.32 Å². The Balaban J connectivity index is 1.83. The third-order valence-electron chi connectivity index (χ3n) is 3.81. The van der Waals surface area contributed by atoms with E-state index >= 15 is 0 Å². The standard InChI is InChI=1S/C18H25NO/c1-15(19-12-6-2-3-7-13-20)17-11-10-16-8-4-5-9-18(16)14-17/h4-5,8-11,14-15,19-20H,2-3,6-7,12-13H2,1H3. The number of aliphatic hydroxyl groups excluding tert-OH is 1. The van der Waals surface area contributed by atoms with Gasteiger partial charge in [-0.25, -0.2) is 0 Å². The van der Waals surface area contributed by atoms with Crippen molar-refractivity contribution in [3.8, 4) is 0 Å². The van der Waals surface area contributed by atoms with Gasteiger partial charge in [-0.15, -0.1) is 0 Å². The van der Waals surface area contributed by atoms with Crippen molar-refractivity contribution in [3.63, 3.8) is 0 Å². The molecule has 0 amide bonds. The molecule has 20 heavy (non-hydrogen) atoms. The Morgan fingerprint density at radius 2 is 1.70 bits per heavy atom. The molecule has 1 unspecified atom stereocenters. The minimum absolute atomic E-state index is 0.320. The van der Waals surface area contributed by atoms with Gasteiger partial charge in [0.1, 0.15) is 0 Å². The van der Waals surface area contributed by atoms with Crippen LogP contribution in [0.4, 0.5) is 0 Å². The lowest BCUT2D eigenvalue weighted by Crippen LogP contribution is -2.19. The molecule has 0 aromatic heterocycles. The smallest absolute Gasteiger partial charge is 0.0431 e. The zero-order valence-corrected chi connectivity index (χ0v) is 12.3. The highest BCUT2D eigenvalue weighted by molar-refractivity contribution is 5.83. The molecule has 0 aliphatic carbocycles. The van der Waals surface area contributed by atoms with Gasteiger partial charge in [0.2, 0.25) is 0 Å². The maximum absolute atomic E-state index is 8.73. The van der Waals surface area contributed by atoms with Crippen LogP contribution in [0.15, 0.2) is 42.5 Å². The number of unbranched alkanes of at least 4 members (excludes halogenated alkanes) is 3. The fourth-order valence-corrected chi connectivity index (χ4v) is 2.50. The summed E-state index contributed by atoms with van der Waals surface area (Å²) >= 11 is 0. The molecule has 0 radical (unpaired) electrons. The van der Waals surface area contributed by atoms with E-state index in [2.05, 4.69) is 54.7 Å². The van der Waals surface area contributed by atoms with Gasteiger partial charge in [-0.05, 0) is 48.7 Å². The highest BCUT2D eigenvalue weighted by atomic mass is 16.2. The lowest BCUT2D eigenvalue weighted by molar-refractivity contribution is 0.282. The van der Waals surface area contributed by atoms with Crippen LogP contribution in [-0.4, -0.2) is 18.3 Å². The van der Waals surface area contributed by atoms with Crippen LogP contribution in [0.25, 0.3) is 10.8 Å². The predicted molar refractivity (Wildman–Crippen MR) is 85.9 cm³/mol. The van der Waals surface area contributed by atoms with Gasteiger partial charge in [-0.1, -0.05) is 49.2 Å². The van der Waals surface area contributed by atoms with Gasteiger partial charge in [0.15, 0.2) is 0 Å². The van der Waals surface area contributed by atoms with Gasteiger partial charge in [0.05, 0.1) is 0 Å². The number of aliphatic hydroxyl groups is 1. The molecule has 2 aromatic rings. The second-order valence-corrected chi connectivity index (χ2v) is 5.42. The number of hydrogen-bond donors (Lipinski definition) is 2. The maximum Gasteiger partial charge on any atom is 0.0431 e. The van der Waals surface area contributed by atoms with E-state index in [0.29, 0.717) is 12.6 Å². The molecule has 0 saturated carbocycles. The number of nitrogens with one attached hydrogen (secondary N) is 1. The van der Waals surface area contributed by atoms with Crippen LogP contribution in [-0.2, 0) is 0 Å². The number of rotatable bonds is 8. The fraction of sp³-hybridized carbons (Fsp3) is 0.444. The van der Waals surface area contributed by atoms with Crippen molar-refractivity contribution in [1.82, 2.24) is 5.32 Å². The van der Waals surface area contributed by atoms with Crippen LogP contribution in [0, 0.1) is 0 Å². The SMILES string of the molecule is CC(NCCCCCCO)c1ccc2ccccc2c1. The molecule has 0 aliphatic heterocycles. The monoisotopic (exact) mass is 271 g/mol. The van der Waals surface area contributed by atoms with Crippen molar-refractivity contribution in [2.45, 2.75) is 38.6 Å². The Morgan fingerprint density at radius 1 is 0.950 bits per heavy atom. The van der Waals surface area contributed by atoms with Gasteiger partial charge in [0, 0.05) is 12.6 Å². The summed E-state index contributed by atoms with van der Waals surface area (Å²) < 4.78 is 0. The highest BCUT2D eigenvalue weighted by Gasteiger charge is 2.04. The normalized spacial score (nSPS) is 12.7. The first-order chi connectivity index (χ1) is 9.81. The minimum Gasteiger partial charge on any atom is -0.396 e. The first-order valence-electron chi connectivity index (χ1n) is 7.64. The summed E-state index contributed by atoms with van der Waals surface area (Å²) in [4.78, 5) is 0. The second kappa shape index (κ2) is 8.03. The van der Waals surface area contributed by atoms with E-state index in [9.17, 15) is 0 Å². The van der Waals surface area contributed by atoms with E-state index < -0.39 is 0 Å². The molecule has 2 aromatic carbocycles. The first kappa shape index (κ1) is 15.0. The van der Waals surface area contributed by atoms with Crippen LogP contribution in [0.5, 0.6) is 0 Å². The quantitative estimate of drug-likeness (QED) is 0.710. The Kier molecular flexibility index (Phi) is 6.03. The van der Waals surface area contributed by atoms with E-state index in [1.807, 2.05) is 0 Å². The minimum atomic E-state index is 0.320. The Labute approximate surface area is 121 Å². The van der Waals surface area contributed by atoms with Crippen molar-refractivity contribution < 1.29 is 5.11 Å². The van der Waals surface area contributed by atoms with Crippen LogP contribution in [0.1, 0.15) is 44.2 Å². The summed E-state index contributed by atoms with van der Waals surface area (Å²) in [5.41, 5.74) is 1.35. The van der Waals surface area contributed by atoms with E-state index in [4.69, 9.17) is 5.11 Å². The average Bonchev–Trinajstić information content (AvgIpc) is 2.50. The largest absolute Gasteiger partial charge is 0.396 e. The van der Waals surface area contributed by atoms with E-state index in [-0.39, 0.29) is 0 Å². The zero-order chi connectivity index (χ0) is 14.2. The molecule has 2 nitrogen and oxygen atoms in total. The van der Waals surface area contributed by atoms with Crippen LogP contribution >= 0.6 is 0 Å². The summed E-state index contributed by atoms with van der Waals surface area (Å²) in [6.45, 7) is 3.58. The van der Waals surface area contributed by atoms with E-state index in [1.165, 1.54) is 29.2 Å². The molecule has 0 bridgehead atoms. The zero-order valence-electron chi connectivity index (χ0n) is 12.3. The van der Waals surface area contributed by atoms with E-state index in [1.54, 1.807) is 0 Å². The second-order valence-electron chi connectivity index (χ2n) is 5.42. The predicted octanol–water partition coefficient (Wildman–Crippen LogP) is 4.04. The van der Waals surface area contributed by atoms with Gasteiger partial charge in [-0.3, -0.25) is 0 Å². The Hall–Kier alpha value is -1.38. The van der Waals surface area contributed by atoms with Gasteiger partial charge >= 0.3 is 0 Å². The van der Waals surface area contributed by atoms with E-state index in [0.717, 1.165) is 19.4 Å². The summed E-state index contributed by atoms with van der Waals surface area (Å²) in [5, 5.41) is 14.9. The van der Waals surface area contributed by atoms with Gasteiger partial charge < -0.3 is 10.4 Å². The summed E-state index contributed by atoms with van der Waals surface area (Å²) in [5.74, 6) is 0. The number of fused-ring (bicyclic) bond motifs is 1. The van der Waals surface area contributed by atoms with Crippen molar-refractivity contribution in [2.75, 3.05) is 13.2 Å². The van der Waals surface area contributed by atoms with Gasteiger partial charge in [0.25, 0.3) is 0 Å². The maximum atomic E-state index is 8.73. The molecule has 108 valence electrons. The Bertz CT molecular complexity index is 524. The fourth-order valence-electron chi connectivity index (χ4n) is 2.50. The first-order valence-corrected chi connectivity index (χ1v) is 7.64. The third-order valence-corrected chi connectivity index (χ3v) is 3.81. The van der Waals surface area contributed by atoms with Crippen LogP contribution in [0.3, 0.4) is 0 Å². The topological polar surface area (TPSA) is 32.3 Å². The molecule has 2 N–H and O–H groups in total. The number of benzene rings is 2. The molecule has 2 rings (SSSR count). The molecule has 0 saturated heterocycles. The summed E-state index contributed by atoms with van der Waals surface area (Å²) in [7, 11) is 0. The van der Waals surface area contributed by atoms with Gasteiger partial charge in [-0.2, -0.15) is 0 Å². The van der Waals surface area contributed by atoms with Crippen molar-refractivity contribution >= 4 is 10.8 Å². The molecule has 1 atom stereocenters. The summed E-state index contributed by atoms with van der Waals surface area (Å²) in [6.07, 6.45) is 4.43. The molecular weight excluding hydrogens is 246 g/mol. The lowest BCUT2D eigenvalue weighted by atomic mass is 10.0. The average molecular weight is 271 g/mol. The Morgan fingerprint density at radius 3 is 2.50 bits per heavy atom. The molecular formula is C18H25NO. The molecule has 0 fully saturated rings. The molecule has 0 aliphatic rings. The molecule has 2 heteroatoms. The highest BCUT2D eigenvalue weighted by Crippen LogP contribution is 2.20. The van der Waals surface area contributed by atoms with Crippen molar-refractivity contribution in [1.29, 1.82) is 0 Å². The van der Waals surface area contributed by atoms with Crippen molar-refractivity contribution in [3.05, 3.63) is 48.0 Å². The third kappa shape index (κ3) is 4.32. The molecule has 0 heterocycles. The van der Waals surface area contributed by atoms with Crippen molar-refractivity contribution in [2.24, 2.45) is 0 Å². The summed E-state index contributed by atoms with van der Waals surface area (Å²) in [6, 6.07) is 15.6. The van der Waals surface area contributed by atoms with Crippen LogP contribution in [0.2, 0.25) is 0 Å². The number of hydrogen-bond acceptors (Lipinski definition) is 2. The molecule has 0 spiro atoms.